The normalized spacial score (nSPS) is 17.1. The average Bonchev–Trinajstić information content (AvgIpc) is 2.56. The second-order valence-corrected chi connectivity index (χ2v) is 7.46. The zero-order valence-electron chi connectivity index (χ0n) is 13.2. The molecular weight excluding hydrogens is 320 g/mol. The zero-order chi connectivity index (χ0) is 16.7. The van der Waals surface area contributed by atoms with Crippen LogP contribution in [0.25, 0.3) is 0 Å². The van der Waals surface area contributed by atoms with Crippen LogP contribution < -0.4 is 0 Å². The number of piperazine rings is 1. The quantitative estimate of drug-likeness (QED) is 0.638. The Bertz CT molecular complexity index is 600. The summed E-state index contributed by atoms with van der Waals surface area (Å²) >= 11 is 0. The van der Waals surface area contributed by atoms with Gasteiger partial charge in [-0.25, -0.2) is 8.42 Å². The summed E-state index contributed by atoms with van der Waals surface area (Å²) in [5.41, 5.74) is 0.877. The monoisotopic (exact) mass is 342 g/mol. The highest BCUT2D eigenvalue weighted by atomic mass is 32.2. The second-order valence-electron chi connectivity index (χ2n) is 5.37. The highest BCUT2D eigenvalue weighted by Gasteiger charge is 2.26. The predicted octanol–water partition coefficient (Wildman–Crippen LogP) is -0.123. The molecule has 0 N–H and O–H groups in total. The molecule has 0 bridgehead atoms. The molecule has 0 saturated carbocycles. The molecule has 2 heterocycles. The van der Waals surface area contributed by atoms with Crippen molar-refractivity contribution in [3.8, 4) is 0 Å². The molecule has 1 aromatic heterocycles. The van der Waals surface area contributed by atoms with Crippen molar-refractivity contribution in [1.29, 1.82) is 0 Å². The van der Waals surface area contributed by atoms with E-state index in [-0.39, 0.29) is 24.6 Å². The van der Waals surface area contributed by atoms with Crippen LogP contribution >= 0.6 is 0 Å². The number of methoxy groups -OCH3 is 1. The topological polar surface area (TPSA) is 92.7 Å². The van der Waals surface area contributed by atoms with Crippen molar-refractivity contribution in [2.24, 2.45) is 0 Å². The van der Waals surface area contributed by atoms with E-state index in [1.807, 2.05) is 0 Å². The molecular formula is C14H22N4O4S. The van der Waals surface area contributed by atoms with Crippen LogP contribution in [0.2, 0.25) is 0 Å². The predicted molar refractivity (Wildman–Crippen MR) is 83.9 cm³/mol. The van der Waals surface area contributed by atoms with Crippen molar-refractivity contribution in [2.45, 2.75) is 19.4 Å². The van der Waals surface area contributed by atoms with Gasteiger partial charge in [0.1, 0.15) is 0 Å². The lowest BCUT2D eigenvalue weighted by Gasteiger charge is -2.33. The molecule has 1 saturated heterocycles. The largest absolute Gasteiger partial charge is 0.469 e. The maximum absolute atomic E-state index is 12.3. The maximum atomic E-state index is 12.3. The Kier molecular flexibility index (Phi) is 6.43. The van der Waals surface area contributed by atoms with Gasteiger partial charge in [-0.05, 0) is 6.42 Å². The standard InChI is InChI=1S/C14H22N4O4S/c1-22-14(19)3-2-10-23(20,21)18-8-6-17(7-9-18)12-13-11-15-4-5-16-13/h4-5,11H,2-3,6-10,12H2,1H3. The number of hydrogen-bond acceptors (Lipinski definition) is 7. The number of aromatic nitrogens is 2. The molecule has 1 aliphatic heterocycles. The van der Waals surface area contributed by atoms with E-state index in [2.05, 4.69) is 19.6 Å². The molecule has 8 nitrogen and oxygen atoms in total. The highest BCUT2D eigenvalue weighted by Crippen LogP contribution is 2.11. The molecule has 128 valence electrons. The summed E-state index contributed by atoms with van der Waals surface area (Å²) in [6, 6.07) is 0. The van der Waals surface area contributed by atoms with Crippen LogP contribution in [0.5, 0.6) is 0 Å². The van der Waals surface area contributed by atoms with Gasteiger partial charge in [0, 0.05) is 57.7 Å². The molecule has 9 heteroatoms. The molecule has 2 rings (SSSR count). The number of hydrogen-bond donors (Lipinski definition) is 0. The van der Waals surface area contributed by atoms with Gasteiger partial charge in [-0.1, -0.05) is 0 Å². The van der Waals surface area contributed by atoms with Crippen molar-refractivity contribution < 1.29 is 17.9 Å². The van der Waals surface area contributed by atoms with Gasteiger partial charge < -0.3 is 4.74 Å². The molecule has 23 heavy (non-hydrogen) atoms. The minimum absolute atomic E-state index is 0.0216. The van der Waals surface area contributed by atoms with Crippen molar-refractivity contribution >= 4 is 16.0 Å². The van der Waals surface area contributed by atoms with E-state index >= 15 is 0 Å². The molecule has 0 atom stereocenters. The summed E-state index contributed by atoms with van der Waals surface area (Å²) in [5, 5.41) is 0. The molecule has 1 aromatic rings. The minimum Gasteiger partial charge on any atom is -0.469 e. The fourth-order valence-electron chi connectivity index (χ4n) is 2.44. The third-order valence-corrected chi connectivity index (χ3v) is 5.69. The first-order chi connectivity index (χ1) is 11.0. The van der Waals surface area contributed by atoms with Gasteiger partial charge in [0.2, 0.25) is 10.0 Å². The Morgan fingerprint density at radius 1 is 1.26 bits per heavy atom. The summed E-state index contributed by atoms with van der Waals surface area (Å²) in [4.78, 5) is 21.5. The van der Waals surface area contributed by atoms with Gasteiger partial charge in [-0.15, -0.1) is 0 Å². The second kappa shape index (κ2) is 8.32. The first kappa shape index (κ1) is 17.8. The number of carbonyl (C=O) groups excluding carboxylic acids is 1. The number of esters is 1. The van der Waals surface area contributed by atoms with E-state index < -0.39 is 10.0 Å². The lowest BCUT2D eigenvalue weighted by atomic mass is 10.3. The fourth-order valence-corrected chi connectivity index (χ4v) is 3.92. The van der Waals surface area contributed by atoms with Crippen LogP contribution in [0.15, 0.2) is 18.6 Å². The van der Waals surface area contributed by atoms with Crippen LogP contribution in [0.1, 0.15) is 18.5 Å². The van der Waals surface area contributed by atoms with Crippen molar-refractivity contribution in [3.63, 3.8) is 0 Å². The third-order valence-electron chi connectivity index (χ3n) is 3.74. The van der Waals surface area contributed by atoms with Gasteiger partial charge in [-0.2, -0.15) is 4.31 Å². The summed E-state index contributed by atoms with van der Waals surface area (Å²) in [5.74, 6) is -0.402. The lowest BCUT2D eigenvalue weighted by Crippen LogP contribution is -2.48. The van der Waals surface area contributed by atoms with Gasteiger partial charge in [0.15, 0.2) is 0 Å². The summed E-state index contributed by atoms with van der Waals surface area (Å²) < 4.78 is 30.5. The third kappa shape index (κ3) is 5.52. The van der Waals surface area contributed by atoms with Crippen molar-refractivity contribution in [3.05, 3.63) is 24.3 Å². The number of nitrogens with zero attached hydrogens (tertiary/aromatic N) is 4. The Labute approximate surface area is 136 Å². The molecule has 0 aliphatic carbocycles. The van der Waals surface area contributed by atoms with E-state index in [9.17, 15) is 13.2 Å². The molecule has 0 unspecified atom stereocenters. The molecule has 0 aromatic carbocycles. The van der Waals surface area contributed by atoms with Crippen molar-refractivity contribution in [2.75, 3.05) is 39.0 Å². The Morgan fingerprint density at radius 3 is 2.61 bits per heavy atom. The van der Waals surface area contributed by atoms with Crippen molar-refractivity contribution in [1.82, 2.24) is 19.2 Å². The Balaban J connectivity index is 1.77. The number of carbonyl (C=O) groups is 1. The van der Waals surface area contributed by atoms with Gasteiger partial charge >= 0.3 is 5.97 Å². The smallest absolute Gasteiger partial charge is 0.305 e. The van der Waals surface area contributed by atoms with Gasteiger partial charge in [-0.3, -0.25) is 19.7 Å². The molecule has 0 spiro atoms. The number of ether oxygens (including phenoxy) is 1. The van der Waals surface area contributed by atoms with E-state index in [0.717, 1.165) is 5.69 Å². The summed E-state index contributed by atoms with van der Waals surface area (Å²) in [6.45, 7) is 2.91. The Morgan fingerprint density at radius 2 is 2.00 bits per heavy atom. The SMILES string of the molecule is COC(=O)CCCS(=O)(=O)N1CCN(Cc2cnccn2)CC1. The summed E-state index contributed by atoms with van der Waals surface area (Å²) in [6.07, 6.45) is 5.41. The van der Waals surface area contributed by atoms with Gasteiger partial charge in [0.25, 0.3) is 0 Å². The zero-order valence-corrected chi connectivity index (χ0v) is 14.0. The summed E-state index contributed by atoms with van der Waals surface area (Å²) in [7, 11) is -2.01. The highest BCUT2D eigenvalue weighted by molar-refractivity contribution is 7.89. The first-order valence-corrected chi connectivity index (χ1v) is 9.14. The molecule has 1 fully saturated rings. The van der Waals surface area contributed by atoms with E-state index in [1.165, 1.54) is 11.4 Å². The van der Waals surface area contributed by atoms with Gasteiger partial charge in [0.05, 0.1) is 18.6 Å². The lowest BCUT2D eigenvalue weighted by molar-refractivity contribution is -0.140. The fraction of sp³-hybridized carbons (Fsp3) is 0.643. The first-order valence-electron chi connectivity index (χ1n) is 7.53. The minimum atomic E-state index is -3.31. The van der Waals surface area contributed by atoms with Crippen LogP contribution in [0, 0.1) is 0 Å². The van der Waals surface area contributed by atoms with Crippen LogP contribution in [0.4, 0.5) is 0 Å². The number of sulfonamides is 1. The molecule has 0 radical (unpaired) electrons. The van der Waals surface area contributed by atoms with Crippen LogP contribution in [0.3, 0.4) is 0 Å². The number of rotatable bonds is 7. The average molecular weight is 342 g/mol. The molecule has 0 amide bonds. The Hall–Kier alpha value is -1.58. The molecule has 1 aliphatic rings. The van der Waals surface area contributed by atoms with E-state index in [0.29, 0.717) is 32.7 Å². The van der Waals surface area contributed by atoms with E-state index in [4.69, 9.17) is 0 Å². The van der Waals surface area contributed by atoms with Crippen LogP contribution in [-0.4, -0.2) is 72.6 Å². The maximum Gasteiger partial charge on any atom is 0.305 e. The van der Waals surface area contributed by atoms with Crippen LogP contribution in [-0.2, 0) is 26.1 Å². The van der Waals surface area contributed by atoms with E-state index in [1.54, 1.807) is 18.6 Å².